The van der Waals surface area contributed by atoms with Crippen LogP contribution in [0.4, 0.5) is 0 Å². The highest BCUT2D eigenvalue weighted by Crippen LogP contribution is 2.20. The van der Waals surface area contributed by atoms with Gasteiger partial charge in [-0.25, -0.2) is 0 Å². The van der Waals surface area contributed by atoms with Gasteiger partial charge in [0.2, 0.25) is 5.91 Å². The zero-order valence-corrected chi connectivity index (χ0v) is 13.8. The van der Waals surface area contributed by atoms with Gasteiger partial charge in [-0.2, -0.15) is 0 Å². The molecule has 5 nitrogen and oxygen atoms in total. The summed E-state index contributed by atoms with van der Waals surface area (Å²) in [7, 11) is 0. The quantitative estimate of drug-likeness (QED) is 0.899. The van der Waals surface area contributed by atoms with Crippen LogP contribution >= 0.6 is 15.9 Å². The normalized spacial score (nSPS) is 18.4. The summed E-state index contributed by atoms with van der Waals surface area (Å²) in [5.74, 6) is -0.313. The lowest BCUT2D eigenvalue weighted by atomic mass is 10.1. The molecule has 1 saturated heterocycles. The number of amides is 2. The molecule has 1 aliphatic heterocycles. The molecule has 1 aromatic carbocycles. The fourth-order valence-corrected chi connectivity index (χ4v) is 2.63. The zero-order valence-electron chi connectivity index (χ0n) is 12.2. The Balaban J connectivity index is 2.21. The number of aryl methyl sites for hydroxylation is 1. The average molecular weight is 355 g/mol. The van der Waals surface area contributed by atoms with Gasteiger partial charge in [-0.05, 0) is 31.5 Å². The SMILES string of the molecule is CCNC(=O)C1COCCN1C(=O)c1ccc(C)c(Br)c1. The molecule has 1 heterocycles. The summed E-state index contributed by atoms with van der Waals surface area (Å²) >= 11 is 3.43. The predicted molar refractivity (Wildman–Crippen MR) is 83.2 cm³/mol. The number of morpholine rings is 1. The monoisotopic (exact) mass is 354 g/mol. The van der Waals surface area contributed by atoms with Crippen LogP contribution in [-0.4, -0.2) is 49.1 Å². The lowest BCUT2D eigenvalue weighted by Gasteiger charge is -2.34. The Labute approximate surface area is 132 Å². The van der Waals surface area contributed by atoms with E-state index in [2.05, 4.69) is 21.2 Å². The number of nitrogens with zero attached hydrogens (tertiary/aromatic N) is 1. The standard InChI is InChI=1S/C15H19BrN2O3/c1-3-17-14(19)13-9-21-7-6-18(13)15(20)11-5-4-10(2)12(16)8-11/h4-5,8,13H,3,6-7,9H2,1-2H3,(H,17,19). The zero-order chi connectivity index (χ0) is 15.4. The maximum atomic E-state index is 12.7. The molecule has 1 unspecified atom stereocenters. The van der Waals surface area contributed by atoms with Gasteiger partial charge in [-0.1, -0.05) is 22.0 Å². The van der Waals surface area contributed by atoms with Crippen LogP contribution in [0.5, 0.6) is 0 Å². The van der Waals surface area contributed by atoms with E-state index in [-0.39, 0.29) is 18.4 Å². The summed E-state index contributed by atoms with van der Waals surface area (Å²) in [4.78, 5) is 26.3. The van der Waals surface area contributed by atoms with E-state index in [1.54, 1.807) is 17.0 Å². The summed E-state index contributed by atoms with van der Waals surface area (Å²) in [6.45, 7) is 5.47. The van der Waals surface area contributed by atoms with Crippen molar-refractivity contribution in [1.82, 2.24) is 10.2 Å². The van der Waals surface area contributed by atoms with Crippen molar-refractivity contribution >= 4 is 27.7 Å². The third kappa shape index (κ3) is 3.63. The molecule has 2 rings (SSSR count). The predicted octanol–water partition coefficient (Wildman–Crippen LogP) is 1.73. The first-order valence-electron chi connectivity index (χ1n) is 6.97. The van der Waals surface area contributed by atoms with Gasteiger partial charge in [-0.15, -0.1) is 0 Å². The summed E-state index contributed by atoms with van der Waals surface area (Å²) in [5, 5.41) is 2.75. The van der Waals surface area contributed by atoms with Crippen LogP contribution in [0.1, 0.15) is 22.8 Å². The molecule has 1 aliphatic rings. The van der Waals surface area contributed by atoms with E-state index in [1.807, 2.05) is 19.9 Å². The molecule has 0 aliphatic carbocycles. The second kappa shape index (κ2) is 7.04. The minimum absolute atomic E-state index is 0.143. The van der Waals surface area contributed by atoms with E-state index in [4.69, 9.17) is 4.74 Å². The van der Waals surface area contributed by atoms with Crippen LogP contribution in [0.15, 0.2) is 22.7 Å². The van der Waals surface area contributed by atoms with E-state index in [0.717, 1.165) is 10.0 Å². The van der Waals surface area contributed by atoms with Crippen molar-refractivity contribution in [3.8, 4) is 0 Å². The molecule has 0 aromatic heterocycles. The van der Waals surface area contributed by atoms with Gasteiger partial charge in [0, 0.05) is 23.1 Å². The molecule has 0 saturated carbocycles. The van der Waals surface area contributed by atoms with Crippen molar-refractivity contribution in [2.75, 3.05) is 26.3 Å². The van der Waals surface area contributed by atoms with E-state index in [1.165, 1.54) is 0 Å². The molecule has 1 fully saturated rings. The number of rotatable bonds is 3. The number of carbonyl (C=O) groups excluding carboxylic acids is 2. The second-order valence-corrected chi connectivity index (χ2v) is 5.80. The van der Waals surface area contributed by atoms with Crippen LogP contribution in [0.3, 0.4) is 0 Å². The summed E-state index contributed by atoms with van der Waals surface area (Å²) in [6, 6.07) is 4.90. The lowest BCUT2D eigenvalue weighted by Crippen LogP contribution is -2.55. The van der Waals surface area contributed by atoms with E-state index in [9.17, 15) is 9.59 Å². The van der Waals surface area contributed by atoms with Crippen LogP contribution in [0, 0.1) is 6.92 Å². The Kier molecular flexibility index (Phi) is 5.36. The average Bonchev–Trinajstić information content (AvgIpc) is 2.49. The van der Waals surface area contributed by atoms with Crippen LogP contribution < -0.4 is 5.32 Å². The van der Waals surface area contributed by atoms with Gasteiger partial charge in [0.1, 0.15) is 6.04 Å². The summed E-state index contributed by atoms with van der Waals surface area (Å²) in [5.41, 5.74) is 1.64. The molecule has 21 heavy (non-hydrogen) atoms. The van der Waals surface area contributed by atoms with Gasteiger partial charge >= 0.3 is 0 Å². The Morgan fingerprint density at radius 1 is 1.48 bits per heavy atom. The van der Waals surface area contributed by atoms with Crippen LogP contribution in [-0.2, 0) is 9.53 Å². The summed E-state index contributed by atoms with van der Waals surface area (Å²) in [6.07, 6.45) is 0. The van der Waals surface area contributed by atoms with E-state index < -0.39 is 6.04 Å². The molecule has 1 N–H and O–H groups in total. The molecular formula is C15H19BrN2O3. The van der Waals surface area contributed by atoms with Gasteiger partial charge in [0.25, 0.3) is 5.91 Å². The number of halogens is 1. The number of carbonyl (C=O) groups is 2. The molecule has 114 valence electrons. The lowest BCUT2D eigenvalue weighted by molar-refractivity contribution is -0.130. The topological polar surface area (TPSA) is 58.6 Å². The van der Waals surface area contributed by atoms with Crippen molar-refractivity contribution in [2.45, 2.75) is 19.9 Å². The molecular weight excluding hydrogens is 336 g/mol. The first-order chi connectivity index (χ1) is 10.0. The number of nitrogens with one attached hydrogen (secondary N) is 1. The largest absolute Gasteiger partial charge is 0.377 e. The molecule has 0 radical (unpaired) electrons. The fraction of sp³-hybridized carbons (Fsp3) is 0.467. The second-order valence-electron chi connectivity index (χ2n) is 4.95. The maximum Gasteiger partial charge on any atom is 0.254 e. The van der Waals surface area contributed by atoms with Crippen LogP contribution in [0.25, 0.3) is 0 Å². The number of likely N-dealkylation sites (N-methyl/N-ethyl adjacent to an activating group) is 1. The van der Waals surface area contributed by atoms with E-state index >= 15 is 0 Å². The van der Waals surface area contributed by atoms with Crippen molar-refractivity contribution in [2.24, 2.45) is 0 Å². The number of benzene rings is 1. The Morgan fingerprint density at radius 3 is 2.90 bits per heavy atom. The molecule has 1 aromatic rings. The molecule has 0 bridgehead atoms. The van der Waals surface area contributed by atoms with Crippen molar-refractivity contribution < 1.29 is 14.3 Å². The van der Waals surface area contributed by atoms with Crippen molar-refractivity contribution in [1.29, 1.82) is 0 Å². The minimum Gasteiger partial charge on any atom is -0.377 e. The first kappa shape index (κ1) is 16.0. The maximum absolute atomic E-state index is 12.7. The van der Waals surface area contributed by atoms with Crippen molar-refractivity contribution in [3.05, 3.63) is 33.8 Å². The highest BCUT2D eigenvalue weighted by Gasteiger charge is 2.33. The smallest absolute Gasteiger partial charge is 0.254 e. The fourth-order valence-electron chi connectivity index (χ4n) is 2.25. The summed E-state index contributed by atoms with van der Waals surface area (Å²) < 4.78 is 6.23. The molecule has 1 atom stereocenters. The van der Waals surface area contributed by atoms with Gasteiger partial charge in [-0.3, -0.25) is 9.59 Å². The Morgan fingerprint density at radius 2 is 2.24 bits per heavy atom. The molecule has 2 amide bonds. The third-order valence-corrected chi connectivity index (χ3v) is 4.32. The van der Waals surface area contributed by atoms with Crippen molar-refractivity contribution in [3.63, 3.8) is 0 Å². The van der Waals surface area contributed by atoms with E-state index in [0.29, 0.717) is 25.3 Å². The van der Waals surface area contributed by atoms with Gasteiger partial charge in [0.05, 0.1) is 13.2 Å². The minimum atomic E-state index is -0.564. The highest BCUT2D eigenvalue weighted by molar-refractivity contribution is 9.10. The van der Waals surface area contributed by atoms with Crippen LogP contribution in [0.2, 0.25) is 0 Å². The van der Waals surface area contributed by atoms with Gasteiger partial charge < -0.3 is 15.0 Å². The Hall–Kier alpha value is -1.40. The number of hydrogen-bond acceptors (Lipinski definition) is 3. The Bertz CT molecular complexity index is 548. The van der Waals surface area contributed by atoms with Gasteiger partial charge in [0.15, 0.2) is 0 Å². The molecule has 6 heteroatoms. The highest BCUT2D eigenvalue weighted by atomic mass is 79.9. The third-order valence-electron chi connectivity index (χ3n) is 3.46. The number of hydrogen-bond donors (Lipinski definition) is 1. The number of ether oxygens (including phenoxy) is 1. The molecule has 0 spiro atoms. The first-order valence-corrected chi connectivity index (χ1v) is 7.76.